The monoisotopic (exact) mass is 488 g/mol. The highest BCUT2D eigenvalue weighted by Gasteiger charge is 2.41. The van der Waals surface area contributed by atoms with E-state index in [1.165, 1.54) is 30.6 Å². The van der Waals surface area contributed by atoms with Crippen LogP contribution in [-0.4, -0.2) is 48.2 Å². The molecule has 1 atom stereocenters. The molecule has 1 N–H and O–H groups in total. The number of methoxy groups -OCH3 is 1. The van der Waals surface area contributed by atoms with Gasteiger partial charge in [0, 0.05) is 47.3 Å². The Kier molecular flexibility index (Phi) is 6.71. The fraction of sp³-hybridized carbons (Fsp3) is 0.360. The molecular formula is C25H26F2N2O4S. The molecule has 4 rings (SSSR count). The Balaban J connectivity index is 1.73. The largest absolute Gasteiger partial charge is 0.487 e. The first kappa shape index (κ1) is 24.3. The highest BCUT2D eigenvalue weighted by molar-refractivity contribution is 7.14. The zero-order valence-electron chi connectivity index (χ0n) is 19.4. The number of aromatic nitrogens is 1. The summed E-state index contributed by atoms with van der Waals surface area (Å²) >= 11 is 1.27. The number of esters is 1. The molecule has 6 nitrogen and oxygen atoms in total. The molecule has 0 amide bonds. The molecule has 34 heavy (non-hydrogen) atoms. The van der Waals surface area contributed by atoms with Crippen LogP contribution in [0, 0.1) is 24.5 Å². The summed E-state index contributed by atoms with van der Waals surface area (Å²) < 4.78 is 38.1. The number of rotatable bonds is 7. The van der Waals surface area contributed by atoms with Gasteiger partial charge >= 0.3 is 5.97 Å². The molecule has 1 aliphatic rings. The molecule has 1 aliphatic heterocycles. The Morgan fingerprint density at radius 2 is 1.91 bits per heavy atom. The van der Waals surface area contributed by atoms with Gasteiger partial charge in [-0.3, -0.25) is 4.98 Å². The maximum Gasteiger partial charge on any atom is 0.348 e. The second-order valence-corrected chi connectivity index (χ2v) is 10.0. The van der Waals surface area contributed by atoms with Gasteiger partial charge in [-0.25, -0.2) is 13.6 Å². The maximum absolute atomic E-state index is 13.7. The van der Waals surface area contributed by atoms with E-state index in [1.54, 1.807) is 25.3 Å². The highest BCUT2D eigenvalue weighted by Crippen LogP contribution is 2.40. The predicted octanol–water partition coefficient (Wildman–Crippen LogP) is 4.53. The summed E-state index contributed by atoms with van der Waals surface area (Å²) in [4.78, 5) is 20.0. The SMILES string of the molecule is COC(=O)c1cc(-c2ncc(C(C)(O)C3CN(C)C3)cc2OCc2cc(F)cc(F)c2)c(C)s1. The molecule has 1 aromatic carbocycles. The van der Waals surface area contributed by atoms with Crippen LogP contribution in [-0.2, 0) is 16.9 Å². The molecule has 1 fully saturated rings. The lowest BCUT2D eigenvalue weighted by atomic mass is 9.79. The van der Waals surface area contributed by atoms with Crippen LogP contribution in [0.25, 0.3) is 11.3 Å². The minimum absolute atomic E-state index is 0.0316. The van der Waals surface area contributed by atoms with Gasteiger partial charge in [0.25, 0.3) is 0 Å². The fourth-order valence-corrected chi connectivity index (χ4v) is 5.04. The van der Waals surface area contributed by atoms with Gasteiger partial charge in [0.1, 0.15) is 34.6 Å². The Labute approximate surface area is 200 Å². The van der Waals surface area contributed by atoms with Crippen LogP contribution >= 0.6 is 11.3 Å². The number of halogens is 2. The van der Waals surface area contributed by atoms with E-state index in [2.05, 4.69) is 9.88 Å². The van der Waals surface area contributed by atoms with Crippen molar-refractivity contribution in [3.63, 3.8) is 0 Å². The van der Waals surface area contributed by atoms with Crippen molar-refractivity contribution in [3.05, 3.63) is 69.0 Å². The van der Waals surface area contributed by atoms with Crippen LogP contribution in [0.4, 0.5) is 8.78 Å². The Morgan fingerprint density at radius 3 is 2.53 bits per heavy atom. The number of hydrogen-bond donors (Lipinski definition) is 1. The van der Waals surface area contributed by atoms with Crippen LogP contribution < -0.4 is 4.74 Å². The first-order valence-corrected chi connectivity index (χ1v) is 11.6. The Bertz CT molecular complexity index is 1200. The molecule has 0 saturated carbocycles. The van der Waals surface area contributed by atoms with E-state index >= 15 is 0 Å². The van der Waals surface area contributed by atoms with Gasteiger partial charge in [-0.15, -0.1) is 11.3 Å². The number of aliphatic hydroxyl groups is 1. The number of hydrogen-bond acceptors (Lipinski definition) is 7. The zero-order valence-corrected chi connectivity index (χ0v) is 20.2. The van der Waals surface area contributed by atoms with E-state index in [0.29, 0.717) is 33.0 Å². The smallest absolute Gasteiger partial charge is 0.348 e. The second kappa shape index (κ2) is 9.40. The van der Waals surface area contributed by atoms with Gasteiger partial charge in [-0.2, -0.15) is 0 Å². The summed E-state index contributed by atoms with van der Waals surface area (Å²) in [6.45, 7) is 5.00. The minimum Gasteiger partial charge on any atom is -0.487 e. The molecule has 2 aromatic heterocycles. The summed E-state index contributed by atoms with van der Waals surface area (Å²) in [6.07, 6.45) is 1.61. The lowest BCUT2D eigenvalue weighted by Crippen LogP contribution is -2.53. The summed E-state index contributed by atoms with van der Waals surface area (Å²) in [7, 11) is 3.30. The molecule has 3 aromatic rings. The van der Waals surface area contributed by atoms with Crippen molar-refractivity contribution in [2.75, 3.05) is 27.2 Å². The van der Waals surface area contributed by atoms with Gasteiger partial charge < -0.3 is 19.5 Å². The van der Waals surface area contributed by atoms with Crippen LogP contribution in [0.2, 0.25) is 0 Å². The molecule has 1 saturated heterocycles. The number of benzene rings is 1. The molecule has 0 radical (unpaired) electrons. The normalized spacial score (nSPS) is 16.1. The molecule has 9 heteroatoms. The van der Waals surface area contributed by atoms with E-state index in [1.807, 2.05) is 14.0 Å². The van der Waals surface area contributed by atoms with Crippen LogP contribution in [0.1, 0.15) is 32.6 Å². The van der Waals surface area contributed by atoms with Crippen LogP contribution in [0.3, 0.4) is 0 Å². The summed E-state index contributed by atoms with van der Waals surface area (Å²) in [5, 5.41) is 11.3. The van der Waals surface area contributed by atoms with E-state index in [0.717, 1.165) is 24.0 Å². The number of carbonyl (C=O) groups is 1. The summed E-state index contributed by atoms with van der Waals surface area (Å²) in [6, 6.07) is 6.59. The first-order valence-electron chi connectivity index (χ1n) is 10.8. The third-order valence-electron chi connectivity index (χ3n) is 6.17. The second-order valence-electron chi connectivity index (χ2n) is 8.77. The third kappa shape index (κ3) is 4.82. The average molecular weight is 489 g/mol. The molecule has 3 heterocycles. The highest BCUT2D eigenvalue weighted by atomic mass is 32.1. The zero-order chi connectivity index (χ0) is 24.6. The number of aryl methyl sites for hydroxylation is 1. The number of likely N-dealkylation sites (tertiary alicyclic amines) is 1. The van der Waals surface area contributed by atoms with Crippen molar-refractivity contribution < 1.29 is 28.2 Å². The summed E-state index contributed by atoms with van der Waals surface area (Å²) in [5.74, 6) is -1.47. The van der Waals surface area contributed by atoms with Gasteiger partial charge in [0.15, 0.2) is 0 Å². The topological polar surface area (TPSA) is 71.9 Å². The van der Waals surface area contributed by atoms with E-state index < -0.39 is 23.2 Å². The van der Waals surface area contributed by atoms with Crippen molar-refractivity contribution >= 4 is 17.3 Å². The first-order chi connectivity index (χ1) is 16.1. The van der Waals surface area contributed by atoms with Crippen molar-refractivity contribution in [2.45, 2.75) is 26.1 Å². The number of pyridine rings is 1. The number of carbonyl (C=O) groups excluding carboxylic acids is 1. The molecular weight excluding hydrogens is 462 g/mol. The molecule has 1 unspecified atom stereocenters. The van der Waals surface area contributed by atoms with Crippen molar-refractivity contribution in [1.29, 1.82) is 0 Å². The quantitative estimate of drug-likeness (QED) is 0.493. The predicted molar refractivity (Wildman–Crippen MR) is 125 cm³/mol. The average Bonchev–Trinajstić information content (AvgIpc) is 3.15. The Hall–Kier alpha value is -2.88. The Morgan fingerprint density at radius 1 is 1.24 bits per heavy atom. The molecule has 0 aliphatic carbocycles. The van der Waals surface area contributed by atoms with Crippen molar-refractivity contribution in [2.24, 2.45) is 5.92 Å². The number of thiophene rings is 1. The number of ether oxygens (including phenoxy) is 2. The van der Waals surface area contributed by atoms with E-state index in [-0.39, 0.29) is 12.5 Å². The standard InChI is InChI=1S/C25H26F2N2O4S/c1-14-20(9-22(34-14)24(30)32-4)23-21(33-13-15-5-18(26)8-19(27)6-15)7-16(10-28-23)25(2,31)17-11-29(3)12-17/h5-10,17,31H,11-13H2,1-4H3. The molecule has 180 valence electrons. The maximum atomic E-state index is 13.7. The van der Waals surface area contributed by atoms with Gasteiger partial charge in [-0.05, 0) is 50.7 Å². The molecule has 0 spiro atoms. The van der Waals surface area contributed by atoms with E-state index in [9.17, 15) is 18.7 Å². The minimum atomic E-state index is -1.14. The summed E-state index contributed by atoms with van der Waals surface area (Å²) in [5.41, 5.74) is 0.905. The fourth-order valence-electron chi connectivity index (χ4n) is 4.10. The van der Waals surface area contributed by atoms with E-state index in [4.69, 9.17) is 9.47 Å². The van der Waals surface area contributed by atoms with Gasteiger partial charge in [0.05, 0.1) is 12.7 Å². The lowest BCUT2D eigenvalue weighted by molar-refractivity contribution is -0.0713. The van der Waals surface area contributed by atoms with Crippen LogP contribution in [0.15, 0.2) is 36.5 Å². The van der Waals surface area contributed by atoms with Crippen molar-refractivity contribution in [1.82, 2.24) is 9.88 Å². The number of nitrogens with zero attached hydrogens (tertiary/aromatic N) is 2. The molecule has 0 bridgehead atoms. The van der Waals surface area contributed by atoms with Gasteiger partial charge in [0.2, 0.25) is 0 Å². The van der Waals surface area contributed by atoms with Gasteiger partial charge in [-0.1, -0.05) is 0 Å². The van der Waals surface area contributed by atoms with Crippen LogP contribution in [0.5, 0.6) is 5.75 Å². The lowest BCUT2D eigenvalue weighted by Gasteiger charge is -2.45. The third-order valence-corrected chi connectivity index (χ3v) is 7.20. The van der Waals surface area contributed by atoms with Crippen molar-refractivity contribution in [3.8, 4) is 17.0 Å².